The van der Waals surface area contributed by atoms with Gasteiger partial charge in [0.1, 0.15) is 0 Å². The summed E-state index contributed by atoms with van der Waals surface area (Å²) in [5, 5.41) is 0.719. The molecule has 4 rings (SSSR count). The maximum atomic E-state index is 12.2. The smallest absolute Gasteiger partial charge is 0.330 e. The van der Waals surface area contributed by atoms with E-state index in [1.54, 1.807) is 36.4 Å². The van der Waals surface area contributed by atoms with Gasteiger partial charge in [0, 0.05) is 6.54 Å². The zero-order valence-electron chi connectivity index (χ0n) is 14.4. The lowest BCUT2D eigenvalue weighted by Gasteiger charge is -2.13. The van der Waals surface area contributed by atoms with Crippen LogP contribution in [0.2, 0.25) is 0 Å². The fraction of sp³-hybridized carbons (Fsp3) is 0.105. The van der Waals surface area contributed by atoms with E-state index in [4.69, 9.17) is 4.84 Å². The van der Waals surface area contributed by atoms with Crippen LogP contribution in [-0.2, 0) is 16.2 Å². The van der Waals surface area contributed by atoms with Crippen molar-refractivity contribution in [3.63, 3.8) is 0 Å². The van der Waals surface area contributed by atoms with Crippen LogP contribution in [0.3, 0.4) is 0 Å². The van der Waals surface area contributed by atoms with Crippen LogP contribution in [-0.4, -0.2) is 32.4 Å². The van der Waals surface area contributed by atoms with Crippen LogP contribution >= 0.6 is 0 Å². The van der Waals surface area contributed by atoms with E-state index in [-0.39, 0.29) is 24.1 Å². The summed E-state index contributed by atoms with van der Waals surface area (Å²) in [5.74, 6) is -2.31. The molecule has 1 N–H and O–H groups in total. The van der Waals surface area contributed by atoms with Gasteiger partial charge in [-0.3, -0.25) is 23.9 Å². The van der Waals surface area contributed by atoms with Gasteiger partial charge in [0.2, 0.25) is 0 Å². The number of para-hydroxylation sites is 1. The molecule has 9 heteroatoms. The van der Waals surface area contributed by atoms with Crippen molar-refractivity contribution >= 4 is 28.7 Å². The third-order valence-electron chi connectivity index (χ3n) is 4.39. The maximum absolute atomic E-state index is 12.2. The van der Waals surface area contributed by atoms with Crippen molar-refractivity contribution in [1.82, 2.24) is 14.6 Å². The zero-order valence-corrected chi connectivity index (χ0v) is 14.4. The summed E-state index contributed by atoms with van der Waals surface area (Å²) < 4.78 is 1.22. The van der Waals surface area contributed by atoms with E-state index in [1.165, 1.54) is 16.7 Å². The van der Waals surface area contributed by atoms with Gasteiger partial charge in [0.25, 0.3) is 17.4 Å². The highest BCUT2D eigenvalue weighted by Crippen LogP contribution is 2.22. The second-order valence-electron chi connectivity index (χ2n) is 6.09. The molecule has 140 valence electrons. The Morgan fingerprint density at radius 2 is 1.50 bits per heavy atom. The average Bonchev–Trinajstić information content (AvgIpc) is 2.93. The number of rotatable bonds is 4. The van der Waals surface area contributed by atoms with Crippen LogP contribution < -0.4 is 11.2 Å². The van der Waals surface area contributed by atoms with Gasteiger partial charge in [0.05, 0.1) is 28.5 Å². The molecule has 1 aromatic heterocycles. The van der Waals surface area contributed by atoms with E-state index in [2.05, 4.69) is 4.98 Å². The van der Waals surface area contributed by atoms with Crippen molar-refractivity contribution in [2.45, 2.75) is 13.0 Å². The molecule has 0 spiro atoms. The highest BCUT2D eigenvalue weighted by molar-refractivity contribution is 6.20. The summed E-state index contributed by atoms with van der Waals surface area (Å²) in [5.41, 5.74) is -0.515. The molecule has 0 atom stereocenters. The van der Waals surface area contributed by atoms with E-state index in [1.807, 2.05) is 0 Å². The molecule has 2 heterocycles. The first kappa shape index (κ1) is 17.4. The SMILES string of the molecule is O=C(CCn1c(=O)[nH]c(=O)c2ccccc21)ON1C(=O)c2ccccc2C1=O. The molecule has 3 aromatic rings. The molecular formula is C19H13N3O6. The summed E-state index contributed by atoms with van der Waals surface area (Å²) in [4.78, 5) is 67.7. The Morgan fingerprint density at radius 1 is 0.893 bits per heavy atom. The van der Waals surface area contributed by atoms with Gasteiger partial charge in [0.15, 0.2) is 0 Å². The molecule has 0 aliphatic carbocycles. The monoisotopic (exact) mass is 379 g/mol. The fourth-order valence-corrected chi connectivity index (χ4v) is 3.06. The molecule has 2 aromatic carbocycles. The Morgan fingerprint density at radius 3 is 2.18 bits per heavy atom. The predicted octanol–water partition coefficient (Wildman–Crippen LogP) is 0.834. The van der Waals surface area contributed by atoms with Crippen LogP contribution in [0.15, 0.2) is 58.1 Å². The van der Waals surface area contributed by atoms with E-state index in [9.17, 15) is 24.0 Å². The van der Waals surface area contributed by atoms with Crippen molar-refractivity contribution in [3.05, 3.63) is 80.5 Å². The largest absolute Gasteiger partial charge is 0.335 e. The Bertz CT molecular complexity index is 1220. The van der Waals surface area contributed by atoms with Gasteiger partial charge in [-0.2, -0.15) is 0 Å². The van der Waals surface area contributed by atoms with Crippen LogP contribution in [0.5, 0.6) is 0 Å². The third kappa shape index (κ3) is 2.78. The number of aromatic amines is 1. The number of hydrogen-bond acceptors (Lipinski definition) is 6. The van der Waals surface area contributed by atoms with E-state index >= 15 is 0 Å². The first-order valence-electron chi connectivity index (χ1n) is 8.38. The van der Waals surface area contributed by atoms with Crippen molar-refractivity contribution in [3.8, 4) is 0 Å². The molecule has 0 bridgehead atoms. The van der Waals surface area contributed by atoms with Crippen molar-refractivity contribution in [2.24, 2.45) is 0 Å². The Hall–Kier alpha value is -4.01. The molecule has 1 aliphatic heterocycles. The molecule has 2 amide bonds. The number of fused-ring (bicyclic) bond motifs is 2. The normalized spacial score (nSPS) is 13.1. The number of aryl methyl sites for hydroxylation is 1. The Kier molecular flexibility index (Phi) is 4.11. The topological polar surface area (TPSA) is 119 Å². The first-order valence-corrected chi connectivity index (χ1v) is 8.38. The molecule has 0 fully saturated rings. The second kappa shape index (κ2) is 6.62. The molecule has 28 heavy (non-hydrogen) atoms. The van der Waals surface area contributed by atoms with Crippen molar-refractivity contribution in [1.29, 1.82) is 0 Å². The number of hydrogen-bond donors (Lipinski definition) is 1. The van der Waals surface area contributed by atoms with Gasteiger partial charge in [-0.25, -0.2) is 9.59 Å². The van der Waals surface area contributed by atoms with Crippen molar-refractivity contribution in [2.75, 3.05) is 0 Å². The molecular weight excluding hydrogens is 366 g/mol. The number of benzene rings is 2. The second-order valence-corrected chi connectivity index (χ2v) is 6.09. The standard InChI is InChI=1S/C19H13N3O6/c23-15(28-22-17(25)11-5-1-2-6-12(11)18(22)26)9-10-21-14-8-4-3-7-13(14)16(24)20-19(21)27/h1-8H,9-10H2,(H,20,24,27). The van der Waals surface area contributed by atoms with E-state index < -0.39 is 29.0 Å². The number of nitrogens with zero attached hydrogens (tertiary/aromatic N) is 2. The summed E-state index contributed by atoms with van der Waals surface area (Å²) in [7, 11) is 0. The van der Waals surface area contributed by atoms with Crippen LogP contribution in [0.1, 0.15) is 27.1 Å². The van der Waals surface area contributed by atoms with E-state index in [0.717, 1.165) is 0 Å². The maximum Gasteiger partial charge on any atom is 0.335 e. The number of hydroxylamine groups is 2. The van der Waals surface area contributed by atoms with Gasteiger partial charge >= 0.3 is 11.7 Å². The summed E-state index contributed by atoms with van der Waals surface area (Å²) in [6.45, 7) is -0.0991. The lowest BCUT2D eigenvalue weighted by Crippen LogP contribution is -2.34. The number of aromatic nitrogens is 2. The van der Waals surface area contributed by atoms with Gasteiger partial charge in [-0.1, -0.05) is 29.3 Å². The van der Waals surface area contributed by atoms with Crippen molar-refractivity contribution < 1.29 is 19.2 Å². The van der Waals surface area contributed by atoms with E-state index in [0.29, 0.717) is 16.0 Å². The highest BCUT2D eigenvalue weighted by Gasteiger charge is 2.38. The minimum absolute atomic E-state index is 0.0991. The quantitative estimate of drug-likeness (QED) is 0.671. The number of carbonyl (C=O) groups excluding carboxylic acids is 3. The van der Waals surface area contributed by atoms with Gasteiger partial charge < -0.3 is 4.84 Å². The van der Waals surface area contributed by atoms with Crippen LogP contribution in [0.25, 0.3) is 10.9 Å². The minimum atomic E-state index is -0.864. The summed E-state index contributed by atoms with van der Waals surface area (Å²) in [6.07, 6.45) is -0.288. The lowest BCUT2D eigenvalue weighted by atomic mass is 10.1. The summed E-state index contributed by atoms with van der Waals surface area (Å²) >= 11 is 0. The number of nitrogens with one attached hydrogen (secondary N) is 1. The third-order valence-corrected chi connectivity index (χ3v) is 4.39. The highest BCUT2D eigenvalue weighted by atomic mass is 16.7. The first-order chi connectivity index (χ1) is 13.5. The molecule has 0 radical (unpaired) electrons. The Balaban J connectivity index is 1.52. The summed E-state index contributed by atoms with van der Waals surface area (Å²) in [6, 6.07) is 12.6. The fourth-order valence-electron chi connectivity index (χ4n) is 3.06. The minimum Gasteiger partial charge on any atom is -0.330 e. The molecule has 0 saturated carbocycles. The number of carbonyl (C=O) groups is 3. The number of H-pyrrole nitrogens is 1. The molecule has 9 nitrogen and oxygen atoms in total. The molecule has 1 aliphatic rings. The number of amides is 2. The number of imide groups is 1. The predicted molar refractivity (Wildman–Crippen MR) is 96.5 cm³/mol. The zero-order chi connectivity index (χ0) is 19.8. The average molecular weight is 379 g/mol. The van der Waals surface area contributed by atoms with Gasteiger partial charge in [-0.05, 0) is 24.3 Å². The molecule has 0 unspecified atom stereocenters. The lowest BCUT2D eigenvalue weighted by molar-refractivity contribution is -0.168. The Labute approximate surface area is 156 Å². The van der Waals surface area contributed by atoms with Crippen LogP contribution in [0.4, 0.5) is 0 Å². The van der Waals surface area contributed by atoms with Gasteiger partial charge in [-0.15, -0.1) is 0 Å². The molecule has 0 saturated heterocycles. The van der Waals surface area contributed by atoms with Crippen LogP contribution in [0, 0.1) is 0 Å².